The van der Waals surface area contributed by atoms with Gasteiger partial charge >= 0.3 is 0 Å². The highest BCUT2D eigenvalue weighted by Gasteiger charge is 2.06. The lowest BCUT2D eigenvalue weighted by Crippen LogP contribution is -2.40. The van der Waals surface area contributed by atoms with Gasteiger partial charge < -0.3 is 10.6 Å². The highest BCUT2D eigenvalue weighted by Crippen LogP contribution is 2.24. The average Bonchev–Trinajstić information content (AvgIpc) is 2.75. The van der Waals surface area contributed by atoms with Crippen LogP contribution in [0.1, 0.15) is 18.9 Å². The molecule has 110 valence electrons. The highest BCUT2D eigenvalue weighted by molar-refractivity contribution is 14.0. The Morgan fingerprint density at radius 1 is 1.45 bits per heavy atom. The first-order valence-corrected chi connectivity index (χ1v) is 7.30. The van der Waals surface area contributed by atoms with Crippen molar-refractivity contribution in [1.29, 1.82) is 0 Å². The number of rotatable bonds is 3. The molecule has 2 N–H and O–H groups in total. The summed E-state index contributed by atoms with van der Waals surface area (Å²) in [7, 11) is 1.76. The number of benzene rings is 1. The highest BCUT2D eigenvalue weighted by atomic mass is 127. The van der Waals surface area contributed by atoms with Gasteiger partial charge in [0, 0.05) is 18.1 Å². The summed E-state index contributed by atoms with van der Waals surface area (Å²) in [5, 5.41) is 8.22. The molecule has 1 heterocycles. The molecule has 0 amide bonds. The maximum Gasteiger partial charge on any atom is 0.191 e. The van der Waals surface area contributed by atoms with Crippen LogP contribution in [0.25, 0.3) is 10.2 Å². The van der Waals surface area contributed by atoms with Gasteiger partial charge in [-0.2, -0.15) is 0 Å². The Morgan fingerprint density at radius 3 is 2.85 bits per heavy atom. The fraction of sp³-hybridized carbons (Fsp3) is 0.385. The van der Waals surface area contributed by atoms with E-state index in [1.807, 2.05) is 18.2 Å². The second-order valence-corrected chi connectivity index (χ2v) is 6.00. The molecule has 1 aromatic carbocycles. The topological polar surface area (TPSA) is 49.3 Å². The standard InChI is InChI=1S/C13H17ClN4S.HI/c1-8(2)17-13(15-3)16-7-12-18-10-6-9(14)4-5-11(10)19-12;/h4-6,8H,7H2,1-3H3,(H2,15,16,17);1H. The fourth-order valence-electron chi connectivity index (χ4n) is 1.65. The monoisotopic (exact) mass is 424 g/mol. The van der Waals surface area contributed by atoms with E-state index in [2.05, 4.69) is 34.5 Å². The van der Waals surface area contributed by atoms with Gasteiger partial charge in [0.15, 0.2) is 5.96 Å². The molecule has 2 aromatic rings. The normalized spacial score (nSPS) is 11.6. The van der Waals surface area contributed by atoms with E-state index < -0.39 is 0 Å². The summed E-state index contributed by atoms with van der Waals surface area (Å²) in [6, 6.07) is 6.12. The van der Waals surface area contributed by atoms with Crippen molar-refractivity contribution in [2.45, 2.75) is 26.4 Å². The number of halogens is 2. The summed E-state index contributed by atoms with van der Waals surface area (Å²) in [5.41, 5.74) is 0.945. The van der Waals surface area contributed by atoms with E-state index in [-0.39, 0.29) is 24.0 Å². The molecule has 0 saturated carbocycles. The SMILES string of the molecule is CN=C(NCc1nc2cc(Cl)ccc2s1)NC(C)C.I. The lowest BCUT2D eigenvalue weighted by Gasteiger charge is -2.13. The van der Waals surface area contributed by atoms with Crippen molar-refractivity contribution in [3.05, 3.63) is 28.2 Å². The minimum atomic E-state index is 0. The first kappa shape index (κ1) is 17.5. The quantitative estimate of drug-likeness (QED) is 0.449. The minimum Gasteiger partial charge on any atom is -0.354 e. The number of aromatic nitrogens is 1. The predicted octanol–water partition coefficient (Wildman–Crippen LogP) is 3.64. The molecule has 0 bridgehead atoms. The van der Waals surface area contributed by atoms with Crippen LogP contribution < -0.4 is 10.6 Å². The van der Waals surface area contributed by atoms with E-state index in [9.17, 15) is 0 Å². The molecule has 0 radical (unpaired) electrons. The zero-order valence-corrected chi connectivity index (χ0v) is 15.5. The Hall–Kier alpha value is -0.600. The zero-order valence-electron chi connectivity index (χ0n) is 11.6. The molecule has 0 fully saturated rings. The molecule has 0 saturated heterocycles. The molecule has 0 atom stereocenters. The molecule has 4 nitrogen and oxygen atoms in total. The van der Waals surface area contributed by atoms with Crippen LogP contribution in [0.15, 0.2) is 23.2 Å². The van der Waals surface area contributed by atoms with Gasteiger partial charge in [-0.25, -0.2) is 4.98 Å². The fourth-order valence-corrected chi connectivity index (χ4v) is 2.71. The zero-order chi connectivity index (χ0) is 13.8. The number of nitrogens with one attached hydrogen (secondary N) is 2. The molecule has 2 rings (SSSR count). The number of fused-ring (bicyclic) bond motifs is 1. The molecule has 20 heavy (non-hydrogen) atoms. The van der Waals surface area contributed by atoms with Gasteiger partial charge in [-0.1, -0.05) is 11.6 Å². The summed E-state index contributed by atoms with van der Waals surface area (Å²) in [6.07, 6.45) is 0. The van der Waals surface area contributed by atoms with E-state index >= 15 is 0 Å². The number of guanidine groups is 1. The Labute approximate surface area is 145 Å². The summed E-state index contributed by atoms with van der Waals surface area (Å²) < 4.78 is 1.15. The Morgan fingerprint density at radius 2 is 2.20 bits per heavy atom. The maximum atomic E-state index is 5.96. The Bertz CT molecular complexity index is 597. The molecule has 1 aromatic heterocycles. The van der Waals surface area contributed by atoms with Crippen molar-refractivity contribution in [3.8, 4) is 0 Å². The third kappa shape index (κ3) is 4.75. The van der Waals surface area contributed by atoms with Crippen LogP contribution in [0.4, 0.5) is 0 Å². The third-order valence-electron chi connectivity index (χ3n) is 2.45. The molecule has 0 aliphatic heterocycles. The second-order valence-electron chi connectivity index (χ2n) is 4.44. The average molecular weight is 425 g/mol. The summed E-state index contributed by atoms with van der Waals surface area (Å²) in [6.45, 7) is 4.81. The van der Waals surface area contributed by atoms with E-state index in [1.54, 1.807) is 18.4 Å². The first-order chi connectivity index (χ1) is 9.08. The van der Waals surface area contributed by atoms with Gasteiger partial charge in [-0.05, 0) is 32.0 Å². The van der Waals surface area contributed by atoms with Crippen molar-refractivity contribution < 1.29 is 0 Å². The van der Waals surface area contributed by atoms with Crippen molar-refractivity contribution in [1.82, 2.24) is 15.6 Å². The van der Waals surface area contributed by atoms with Gasteiger partial charge in [-0.15, -0.1) is 35.3 Å². The molecule has 0 unspecified atom stereocenters. The van der Waals surface area contributed by atoms with Gasteiger partial charge in [0.05, 0.1) is 16.8 Å². The van der Waals surface area contributed by atoms with Crippen molar-refractivity contribution in [2.24, 2.45) is 4.99 Å². The lowest BCUT2D eigenvalue weighted by molar-refractivity contribution is 0.699. The smallest absolute Gasteiger partial charge is 0.191 e. The third-order valence-corrected chi connectivity index (χ3v) is 3.72. The summed E-state index contributed by atoms with van der Waals surface area (Å²) in [4.78, 5) is 8.71. The van der Waals surface area contributed by atoms with Crippen LogP contribution in [0.3, 0.4) is 0 Å². The van der Waals surface area contributed by atoms with Crippen LogP contribution in [0.2, 0.25) is 5.02 Å². The molecule has 7 heteroatoms. The number of aliphatic imine (C=N–C) groups is 1. The molecule has 0 aliphatic carbocycles. The van der Waals surface area contributed by atoms with Crippen LogP contribution in [-0.2, 0) is 6.54 Å². The van der Waals surface area contributed by atoms with Crippen LogP contribution in [0, 0.1) is 0 Å². The second kappa shape index (κ2) is 7.99. The van der Waals surface area contributed by atoms with Crippen molar-refractivity contribution in [2.75, 3.05) is 7.05 Å². The van der Waals surface area contributed by atoms with Crippen molar-refractivity contribution in [3.63, 3.8) is 0 Å². The van der Waals surface area contributed by atoms with Crippen LogP contribution in [0.5, 0.6) is 0 Å². The molecule has 0 spiro atoms. The van der Waals surface area contributed by atoms with E-state index in [0.717, 1.165) is 26.2 Å². The number of hydrogen-bond donors (Lipinski definition) is 2. The van der Waals surface area contributed by atoms with Gasteiger partial charge in [-0.3, -0.25) is 4.99 Å². The maximum absolute atomic E-state index is 5.96. The van der Waals surface area contributed by atoms with Gasteiger partial charge in [0.25, 0.3) is 0 Å². The predicted molar refractivity (Wildman–Crippen MR) is 98.5 cm³/mol. The number of thiazole rings is 1. The summed E-state index contributed by atoms with van der Waals surface area (Å²) in [5.74, 6) is 0.785. The van der Waals surface area contributed by atoms with E-state index in [4.69, 9.17) is 11.6 Å². The molecular weight excluding hydrogens is 407 g/mol. The van der Waals surface area contributed by atoms with Gasteiger partial charge in [0.2, 0.25) is 0 Å². The molecule has 0 aliphatic rings. The number of hydrogen-bond acceptors (Lipinski definition) is 3. The Kier molecular flexibility index (Phi) is 6.97. The Balaban J connectivity index is 0.00000200. The van der Waals surface area contributed by atoms with Crippen molar-refractivity contribution >= 4 is 63.1 Å². The summed E-state index contributed by atoms with van der Waals surface area (Å²) >= 11 is 7.62. The number of nitrogens with zero attached hydrogens (tertiary/aromatic N) is 2. The van der Waals surface area contributed by atoms with E-state index in [0.29, 0.717) is 12.6 Å². The van der Waals surface area contributed by atoms with Crippen LogP contribution >= 0.6 is 46.9 Å². The molecular formula is C13H18ClIN4S. The van der Waals surface area contributed by atoms with Gasteiger partial charge in [0.1, 0.15) is 5.01 Å². The minimum absolute atomic E-state index is 0. The largest absolute Gasteiger partial charge is 0.354 e. The lowest BCUT2D eigenvalue weighted by atomic mass is 10.3. The van der Waals surface area contributed by atoms with Crippen LogP contribution in [-0.4, -0.2) is 24.0 Å². The van der Waals surface area contributed by atoms with E-state index in [1.165, 1.54) is 0 Å². The first-order valence-electron chi connectivity index (χ1n) is 6.10.